The van der Waals surface area contributed by atoms with Crippen molar-refractivity contribution in [3.8, 4) is 11.5 Å². The summed E-state index contributed by atoms with van der Waals surface area (Å²) in [6.07, 6.45) is 0. The maximum Gasteiger partial charge on any atom is 0.300 e. The Morgan fingerprint density at radius 1 is 0.947 bits per heavy atom. The molecule has 0 radical (unpaired) electrons. The molecule has 38 heavy (non-hydrogen) atoms. The van der Waals surface area contributed by atoms with Crippen molar-refractivity contribution in [3.05, 3.63) is 102 Å². The average molecular weight is 509 g/mol. The molecule has 0 saturated carbocycles. The van der Waals surface area contributed by atoms with Gasteiger partial charge >= 0.3 is 0 Å². The quantitative estimate of drug-likeness (QED) is 0.199. The summed E-state index contributed by atoms with van der Waals surface area (Å²) in [4.78, 5) is 30.4. The fourth-order valence-corrected chi connectivity index (χ4v) is 4.87. The number of nitrogens with zero attached hydrogens (tertiary/aromatic N) is 2. The molecule has 2 N–H and O–H groups in total. The number of ether oxygens (including phenoxy) is 1. The van der Waals surface area contributed by atoms with Crippen molar-refractivity contribution in [2.75, 3.05) is 30.5 Å². The van der Waals surface area contributed by atoms with Crippen LogP contribution in [0, 0.1) is 0 Å². The second-order valence-electron chi connectivity index (χ2n) is 9.27. The predicted molar refractivity (Wildman–Crippen MR) is 149 cm³/mol. The Morgan fingerprint density at radius 3 is 2.37 bits per heavy atom. The van der Waals surface area contributed by atoms with Gasteiger partial charge in [-0.2, -0.15) is 0 Å². The maximum absolute atomic E-state index is 13.6. The molecule has 1 aliphatic heterocycles. The predicted octanol–water partition coefficient (Wildman–Crippen LogP) is 5.64. The zero-order chi connectivity index (χ0) is 27.0. The highest BCUT2D eigenvalue weighted by Crippen LogP contribution is 2.44. The minimum absolute atomic E-state index is 0.0313. The van der Waals surface area contributed by atoms with Gasteiger partial charge in [0.05, 0.1) is 18.2 Å². The first kappa shape index (κ1) is 24.9. The van der Waals surface area contributed by atoms with E-state index < -0.39 is 17.7 Å². The smallest absolute Gasteiger partial charge is 0.300 e. The zero-order valence-corrected chi connectivity index (χ0v) is 21.4. The van der Waals surface area contributed by atoms with Gasteiger partial charge < -0.3 is 19.8 Å². The van der Waals surface area contributed by atoms with Crippen LogP contribution in [-0.2, 0) is 9.59 Å². The number of aromatic hydroxyl groups is 1. The number of rotatable bonds is 6. The van der Waals surface area contributed by atoms with Crippen LogP contribution in [0.4, 0.5) is 11.4 Å². The topological polar surface area (TPSA) is 90.3 Å². The van der Waals surface area contributed by atoms with E-state index in [-0.39, 0.29) is 22.8 Å². The number of phenols is 1. The number of ketones is 1. The van der Waals surface area contributed by atoms with E-state index in [4.69, 9.17) is 4.74 Å². The van der Waals surface area contributed by atoms with E-state index in [1.54, 1.807) is 43.3 Å². The summed E-state index contributed by atoms with van der Waals surface area (Å²) in [7, 11) is 3.83. The number of carbonyl (C=O) groups excluding carboxylic acids is 2. The standard InChI is InChI=1S/C31H28N2O5/c1-4-38-26-18-20(12-17-25(26)34)28-27(29(35)24-11-7-9-19-8-5-6-10-23(19)24)30(36)31(37)33(28)22-15-13-21(14-16-22)32(2)3/h5-18,28,34-35H,4H2,1-3H3/b29-27+. The van der Waals surface area contributed by atoms with E-state index in [0.29, 0.717) is 23.4 Å². The third-order valence-electron chi connectivity index (χ3n) is 6.73. The van der Waals surface area contributed by atoms with Crippen molar-refractivity contribution in [2.45, 2.75) is 13.0 Å². The highest BCUT2D eigenvalue weighted by atomic mass is 16.5. The van der Waals surface area contributed by atoms with Gasteiger partial charge in [0.15, 0.2) is 11.5 Å². The molecule has 1 fully saturated rings. The summed E-state index contributed by atoms with van der Waals surface area (Å²) in [6.45, 7) is 2.12. The normalized spacial score (nSPS) is 16.7. The molecule has 5 rings (SSSR count). The molecule has 1 atom stereocenters. The van der Waals surface area contributed by atoms with Gasteiger partial charge in [-0.05, 0) is 59.7 Å². The molecule has 0 spiro atoms. The Labute approximate surface area is 220 Å². The molecule has 1 amide bonds. The van der Waals surface area contributed by atoms with Crippen molar-refractivity contribution in [2.24, 2.45) is 0 Å². The van der Waals surface area contributed by atoms with Crippen molar-refractivity contribution in [1.82, 2.24) is 0 Å². The van der Waals surface area contributed by atoms with Gasteiger partial charge in [-0.3, -0.25) is 14.5 Å². The van der Waals surface area contributed by atoms with Crippen molar-refractivity contribution in [1.29, 1.82) is 0 Å². The third kappa shape index (κ3) is 4.22. The van der Waals surface area contributed by atoms with Crippen molar-refractivity contribution in [3.63, 3.8) is 0 Å². The fourth-order valence-electron chi connectivity index (χ4n) is 4.87. The molecule has 0 aliphatic carbocycles. The first-order chi connectivity index (χ1) is 18.3. The number of hydrogen-bond donors (Lipinski definition) is 2. The number of hydrogen-bond acceptors (Lipinski definition) is 6. The highest BCUT2D eigenvalue weighted by Gasteiger charge is 2.47. The lowest BCUT2D eigenvalue weighted by Gasteiger charge is -2.26. The number of fused-ring (bicyclic) bond motifs is 1. The number of benzene rings is 4. The van der Waals surface area contributed by atoms with Crippen LogP contribution in [0.3, 0.4) is 0 Å². The molecular formula is C31H28N2O5. The zero-order valence-electron chi connectivity index (χ0n) is 21.4. The van der Waals surface area contributed by atoms with Crippen LogP contribution in [-0.4, -0.2) is 42.6 Å². The monoisotopic (exact) mass is 508 g/mol. The number of anilines is 2. The number of aliphatic hydroxyl groups excluding tert-OH is 1. The van der Waals surface area contributed by atoms with Crippen LogP contribution in [0.1, 0.15) is 24.1 Å². The highest BCUT2D eigenvalue weighted by molar-refractivity contribution is 6.51. The van der Waals surface area contributed by atoms with Gasteiger partial charge in [0.2, 0.25) is 0 Å². The van der Waals surface area contributed by atoms with Crippen molar-refractivity contribution < 1.29 is 24.5 Å². The summed E-state index contributed by atoms with van der Waals surface area (Å²) in [6, 6.07) is 24.0. The lowest BCUT2D eigenvalue weighted by molar-refractivity contribution is -0.132. The second-order valence-corrected chi connectivity index (χ2v) is 9.27. The molecule has 1 unspecified atom stereocenters. The number of Topliss-reactive ketones (excluding diaryl/α,β-unsaturated/α-hetero) is 1. The van der Waals surface area contributed by atoms with Crippen LogP contribution in [0.25, 0.3) is 16.5 Å². The Kier molecular flexibility index (Phi) is 6.51. The Balaban J connectivity index is 1.75. The molecule has 1 heterocycles. The molecule has 7 nitrogen and oxygen atoms in total. The lowest BCUT2D eigenvalue weighted by atomic mass is 9.93. The minimum atomic E-state index is -0.945. The van der Waals surface area contributed by atoms with Gasteiger partial charge in [-0.25, -0.2) is 0 Å². The van der Waals surface area contributed by atoms with Gasteiger partial charge in [-0.15, -0.1) is 0 Å². The Morgan fingerprint density at radius 2 is 1.66 bits per heavy atom. The molecule has 4 aromatic rings. The fraction of sp³-hybridized carbons (Fsp3) is 0.161. The second kappa shape index (κ2) is 9.94. The Hall–Kier alpha value is -4.78. The van der Waals surface area contributed by atoms with Crippen LogP contribution in [0.5, 0.6) is 11.5 Å². The molecule has 7 heteroatoms. The molecule has 4 aromatic carbocycles. The molecule has 0 bridgehead atoms. The van der Waals surface area contributed by atoms with Crippen molar-refractivity contribution >= 4 is 39.6 Å². The molecular weight excluding hydrogens is 480 g/mol. The number of phenolic OH excluding ortho intramolecular Hbond substituents is 1. The molecule has 1 aliphatic rings. The third-order valence-corrected chi connectivity index (χ3v) is 6.73. The van der Waals surface area contributed by atoms with E-state index >= 15 is 0 Å². The molecule has 192 valence electrons. The van der Waals surface area contributed by atoms with Gasteiger partial charge in [0.25, 0.3) is 11.7 Å². The largest absolute Gasteiger partial charge is 0.507 e. The van der Waals surface area contributed by atoms with Gasteiger partial charge in [-0.1, -0.05) is 48.5 Å². The number of amides is 1. The van der Waals surface area contributed by atoms with Crippen LogP contribution in [0.15, 0.2) is 90.5 Å². The van der Waals surface area contributed by atoms with E-state index in [2.05, 4.69) is 0 Å². The minimum Gasteiger partial charge on any atom is -0.507 e. The molecule has 0 aromatic heterocycles. The summed E-state index contributed by atoms with van der Waals surface area (Å²) in [5.41, 5.74) is 2.38. The summed E-state index contributed by atoms with van der Waals surface area (Å²) >= 11 is 0. The Bertz CT molecular complexity index is 1570. The summed E-state index contributed by atoms with van der Waals surface area (Å²) < 4.78 is 5.59. The van der Waals surface area contributed by atoms with Gasteiger partial charge in [0, 0.05) is 31.0 Å². The van der Waals surface area contributed by atoms with Crippen LogP contribution < -0.4 is 14.5 Å². The first-order valence-corrected chi connectivity index (χ1v) is 12.3. The van der Waals surface area contributed by atoms with E-state index in [1.807, 2.05) is 61.5 Å². The van der Waals surface area contributed by atoms with Gasteiger partial charge in [0.1, 0.15) is 5.76 Å². The number of aliphatic hydroxyl groups is 1. The van der Waals surface area contributed by atoms with E-state index in [0.717, 1.165) is 16.5 Å². The number of carbonyl (C=O) groups is 2. The lowest BCUT2D eigenvalue weighted by Crippen LogP contribution is -2.29. The first-order valence-electron chi connectivity index (χ1n) is 12.3. The maximum atomic E-state index is 13.6. The SMILES string of the molecule is CCOc1cc(C2/C(=C(\O)c3cccc4ccccc34)C(=O)C(=O)N2c2ccc(N(C)C)cc2)ccc1O. The van der Waals surface area contributed by atoms with Crippen LogP contribution in [0.2, 0.25) is 0 Å². The molecule has 1 saturated heterocycles. The van der Waals surface area contributed by atoms with Crippen LogP contribution >= 0.6 is 0 Å². The van der Waals surface area contributed by atoms with E-state index in [9.17, 15) is 19.8 Å². The average Bonchev–Trinajstić information content (AvgIpc) is 3.19. The summed E-state index contributed by atoms with van der Waals surface area (Å²) in [5.74, 6) is -1.63. The van der Waals surface area contributed by atoms with E-state index in [1.165, 1.54) is 11.0 Å². The summed E-state index contributed by atoms with van der Waals surface area (Å²) in [5, 5.41) is 23.6.